The highest BCUT2D eigenvalue weighted by molar-refractivity contribution is 5.76. The molecule has 0 saturated carbocycles. The van der Waals surface area contributed by atoms with E-state index in [9.17, 15) is 4.79 Å². The summed E-state index contributed by atoms with van der Waals surface area (Å²) in [5.74, 6) is 0.594. The van der Waals surface area contributed by atoms with Crippen molar-refractivity contribution in [2.75, 3.05) is 13.1 Å². The number of amides is 1. The van der Waals surface area contributed by atoms with Crippen molar-refractivity contribution >= 4 is 5.91 Å². The van der Waals surface area contributed by atoms with Crippen LogP contribution in [0.1, 0.15) is 37.2 Å². The molecular formula is C19H24N8O. The molecular weight excluding hydrogens is 356 g/mol. The van der Waals surface area contributed by atoms with E-state index in [1.807, 2.05) is 43.5 Å². The van der Waals surface area contributed by atoms with Gasteiger partial charge >= 0.3 is 0 Å². The standard InChI is InChI=1S/C19H24N8O/c1-15(16-11-20-26(12-16)17-7-3-2-4-8-17)21-19(28)14-27-18(22-23-24-27)13-25-9-5-6-10-25/h2-4,7-8,11-12,15H,5-6,9-10,13-14H2,1H3,(H,21,28)/t15-/m0/s1. The normalized spacial score (nSPS) is 15.6. The number of nitrogens with one attached hydrogen (secondary N) is 1. The SMILES string of the molecule is C[C@H](NC(=O)Cn1nnnc1CN1CCCC1)c1cnn(-c2ccccc2)c1. The summed E-state index contributed by atoms with van der Waals surface area (Å²) in [6.07, 6.45) is 6.11. The molecule has 28 heavy (non-hydrogen) atoms. The fraction of sp³-hybridized carbons (Fsp3) is 0.421. The first-order valence-corrected chi connectivity index (χ1v) is 9.56. The van der Waals surface area contributed by atoms with E-state index in [0.29, 0.717) is 6.54 Å². The van der Waals surface area contributed by atoms with Gasteiger partial charge in [0.15, 0.2) is 5.82 Å². The van der Waals surface area contributed by atoms with Gasteiger partial charge in [-0.1, -0.05) is 18.2 Å². The zero-order valence-electron chi connectivity index (χ0n) is 15.9. The number of carbonyl (C=O) groups excluding carboxylic acids is 1. The van der Waals surface area contributed by atoms with Crippen LogP contribution in [0.3, 0.4) is 0 Å². The molecule has 2 aromatic heterocycles. The van der Waals surface area contributed by atoms with Gasteiger partial charge in [0, 0.05) is 11.8 Å². The van der Waals surface area contributed by atoms with Crippen LogP contribution in [0.5, 0.6) is 0 Å². The fourth-order valence-corrected chi connectivity index (χ4v) is 3.39. The Morgan fingerprint density at radius 3 is 2.79 bits per heavy atom. The van der Waals surface area contributed by atoms with Crippen LogP contribution in [0.2, 0.25) is 0 Å². The Morgan fingerprint density at radius 2 is 2.00 bits per heavy atom. The first-order valence-electron chi connectivity index (χ1n) is 9.56. The van der Waals surface area contributed by atoms with E-state index in [1.165, 1.54) is 12.8 Å². The maximum absolute atomic E-state index is 12.5. The molecule has 1 saturated heterocycles. The first-order chi connectivity index (χ1) is 13.7. The molecule has 4 rings (SSSR count). The van der Waals surface area contributed by atoms with Crippen LogP contribution < -0.4 is 5.32 Å². The molecule has 0 radical (unpaired) electrons. The van der Waals surface area contributed by atoms with E-state index in [4.69, 9.17) is 0 Å². The summed E-state index contributed by atoms with van der Waals surface area (Å²) in [5, 5.41) is 19.2. The lowest BCUT2D eigenvalue weighted by Crippen LogP contribution is -2.31. The topological polar surface area (TPSA) is 93.8 Å². The highest BCUT2D eigenvalue weighted by Gasteiger charge is 2.18. The number of likely N-dealkylation sites (tertiary alicyclic amines) is 1. The quantitative estimate of drug-likeness (QED) is 0.665. The van der Waals surface area contributed by atoms with Crippen LogP contribution in [0.15, 0.2) is 42.7 Å². The Bertz CT molecular complexity index is 913. The number of hydrogen-bond acceptors (Lipinski definition) is 6. The molecule has 1 atom stereocenters. The molecule has 0 bridgehead atoms. The predicted octanol–water partition coefficient (Wildman–Crippen LogP) is 1.33. The van der Waals surface area contributed by atoms with Crippen LogP contribution in [0.25, 0.3) is 5.69 Å². The minimum absolute atomic E-state index is 0.104. The molecule has 9 nitrogen and oxygen atoms in total. The van der Waals surface area contributed by atoms with E-state index >= 15 is 0 Å². The Balaban J connectivity index is 1.35. The number of rotatable bonds is 7. The van der Waals surface area contributed by atoms with Crippen molar-refractivity contribution in [3.63, 3.8) is 0 Å². The lowest BCUT2D eigenvalue weighted by atomic mass is 10.2. The number of tetrazole rings is 1. The summed E-state index contributed by atoms with van der Waals surface area (Å²) < 4.78 is 3.38. The maximum Gasteiger partial charge on any atom is 0.242 e. The highest BCUT2D eigenvalue weighted by atomic mass is 16.2. The van der Waals surface area contributed by atoms with Gasteiger partial charge in [-0.25, -0.2) is 9.36 Å². The Hall–Kier alpha value is -3.07. The van der Waals surface area contributed by atoms with Gasteiger partial charge in [0.05, 0.1) is 24.5 Å². The number of carbonyl (C=O) groups is 1. The van der Waals surface area contributed by atoms with Crippen LogP contribution in [0.4, 0.5) is 0 Å². The van der Waals surface area contributed by atoms with Gasteiger partial charge in [-0.2, -0.15) is 5.10 Å². The second kappa shape index (κ2) is 8.30. The molecule has 1 N–H and O–H groups in total. The minimum atomic E-state index is -0.163. The summed E-state index contributed by atoms with van der Waals surface area (Å²) in [5.41, 5.74) is 1.92. The molecule has 146 valence electrons. The van der Waals surface area contributed by atoms with E-state index in [-0.39, 0.29) is 18.5 Å². The largest absolute Gasteiger partial charge is 0.348 e. The third kappa shape index (κ3) is 4.25. The molecule has 1 aliphatic heterocycles. The van der Waals surface area contributed by atoms with Crippen molar-refractivity contribution in [2.45, 2.75) is 38.9 Å². The minimum Gasteiger partial charge on any atom is -0.348 e. The second-order valence-corrected chi connectivity index (χ2v) is 7.08. The Morgan fingerprint density at radius 1 is 1.21 bits per heavy atom. The van der Waals surface area contributed by atoms with Crippen LogP contribution in [-0.4, -0.2) is 53.9 Å². The first kappa shape index (κ1) is 18.3. The molecule has 1 fully saturated rings. The molecule has 9 heteroatoms. The average molecular weight is 380 g/mol. The molecule has 0 unspecified atom stereocenters. The summed E-state index contributed by atoms with van der Waals surface area (Å²) in [7, 11) is 0. The van der Waals surface area contributed by atoms with Gasteiger partial charge in [-0.3, -0.25) is 9.69 Å². The van der Waals surface area contributed by atoms with E-state index in [1.54, 1.807) is 15.6 Å². The molecule has 1 amide bonds. The zero-order valence-corrected chi connectivity index (χ0v) is 15.9. The number of aromatic nitrogens is 6. The van der Waals surface area contributed by atoms with Crippen molar-refractivity contribution in [2.24, 2.45) is 0 Å². The van der Waals surface area contributed by atoms with Crippen molar-refractivity contribution < 1.29 is 4.79 Å². The number of nitrogens with zero attached hydrogens (tertiary/aromatic N) is 7. The Labute approximate surface area is 163 Å². The van der Waals surface area contributed by atoms with E-state index in [0.717, 1.165) is 30.2 Å². The lowest BCUT2D eigenvalue weighted by molar-refractivity contribution is -0.122. The van der Waals surface area contributed by atoms with Gasteiger partial charge in [0.1, 0.15) is 6.54 Å². The van der Waals surface area contributed by atoms with E-state index in [2.05, 4.69) is 30.8 Å². The zero-order chi connectivity index (χ0) is 19.3. The Kier molecular flexibility index (Phi) is 5.43. The number of hydrogen-bond donors (Lipinski definition) is 1. The summed E-state index contributed by atoms with van der Waals surface area (Å²) in [6, 6.07) is 9.71. The molecule has 1 aromatic carbocycles. The molecule has 1 aliphatic rings. The van der Waals surface area contributed by atoms with Crippen molar-refractivity contribution in [3.8, 4) is 5.69 Å². The number of benzene rings is 1. The molecule has 3 heterocycles. The lowest BCUT2D eigenvalue weighted by Gasteiger charge is -2.15. The van der Waals surface area contributed by atoms with Crippen LogP contribution in [-0.2, 0) is 17.9 Å². The molecule has 0 aliphatic carbocycles. The van der Waals surface area contributed by atoms with Crippen LogP contribution in [0, 0.1) is 0 Å². The smallest absolute Gasteiger partial charge is 0.242 e. The average Bonchev–Trinajstić information content (AvgIpc) is 3.45. The second-order valence-electron chi connectivity index (χ2n) is 7.08. The predicted molar refractivity (Wildman–Crippen MR) is 102 cm³/mol. The van der Waals surface area contributed by atoms with Gasteiger partial charge in [-0.15, -0.1) is 5.10 Å². The summed E-state index contributed by atoms with van der Waals surface area (Å²) in [6.45, 7) is 4.84. The van der Waals surface area contributed by atoms with Gasteiger partial charge in [0.25, 0.3) is 0 Å². The molecule has 0 spiro atoms. The number of para-hydroxylation sites is 1. The monoisotopic (exact) mass is 380 g/mol. The summed E-state index contributed by atoms with van der Waals surface area (Å²) in [4.78, 5) is 14.8. The maximum atomic E-state index is 12.5. The van der Waals surface area contributed by atoms with Crippen molar-refractivity contribution in [3.05, 3.63) is 54.1 Å². The van der Waals surface area contributed by atoms with Crippen LogP contribution >= 0.6 is 0 Å². The summed E-state index contributed by atoms with van der Waals surface area (Å²) >= 11 is 0. The third-order valence-electron chi connectivity index (χ3n) is 4.96. The van der Waals surface area contributed by atoms with Crippen molar-refractivity contribution in [1.29, 1.82) is 0 Å². The van der Waals surface area contributed by atoms with Gasteiger partial charge in [-0.05, 0) is 55.4 Å². The third-order valence-corrected chi connectivity index (χ3v) is 4.96. The fourth-order valence-electron chi connectivity index (χ4n) is 3.39. The highest BCUT2D eigenvalue weighted by Crippen LogP contribution is 2.15. The van der Waals surface area contributed by atoms with E-state index < -0.39 is 0 Å². The molecule has 3 aromatic rings. The van der Waals surface area contributed by atoms with Gasteiger partial charge in [0.2, 0.25) is 5.91 Å². The van der Waals surface area contributed by atoms with Crippen molar-refractivity contribution in [1.82, 2.24) is 40.2 Å². The van der Waals surface area contributed by atoms with Gasteiger partial charge < -0.3 is 5.32 Å².